The van der Waals surface area contributed by atoms with Crippen LogP contribution in [-0.4, -0.2) is 45.9 Å². The largest absolute Gasteiger partial charge is 0.396 e. The lowest BCUT2D eigenvalue weighted by Gasteiger charge is -2.21. The van der Waals surface area contributed by atoms with Gasteiger partial charge in [0.25, 0.3) is 5.56 Å². The first-order valence-electron chi connectivity index (χ1n) is 8.49. The highest BCUT2D eigenvalue weighted by molar-refractivity contribution is 9.09. The third kappa shape index (κ3) is 3.85. The minimum absolute atomic E-state index is 0.0944. The Kier molecular flexibility index (Phi) is 6.91. The number of aliphatic hydroxyl groups excluding tert-OH is 1. The van der Waals surface area contributed by atoms with Gasteiger partial charge in [-0.05, 0) is 19.3 Å². The van der Waals surface area contributed by atoms with Gasteiger partial charge in [0.1, 0.15) is 11.5 Å². The van der Waals surface area contributed by atoms with Crippen LogP contribution in [0.4, 0.5) is 11.5 Å². The van der Waals surface area contributed by atoms with Gasteiger partial charge in [-0.25, -0.2) is 4.79 Å². The molecule has 2 heterocycles. The summed E-state index contributed by atoms with van der Waals surface area (Å²) in [6, 6.07) is 0. The average molecular weight is 403 g/mol. The molecule has 0 radical (unpaired) electrons. The van der Waals surface area contributed by atoms with Gasteiger partial charge in [0.2, 0.25) is 0 Å². The van der Waals surface area contributed by atoms with Crippen LogP contribution in [0.1, 0.15) is 32.1 Å². The molecule has 1 aliphatic rings. The Morgan fingerprint density at radius 3 is 2.29 bits per heavy atom. The number of alkyl halides is 1. The number of nitrogens with zero attached hydrogens (tertiary/aromatic N) is 4. The number of fused-ring (bicyclic) bond motifs is 1. The summed E-state index contributed by atoms with van der Waals surface area (Å²) < 4.78 is 2.71. The van der Waals surface area contributed by atoms with Gasteiger partial charge < -0.3 is 14.9 Å². The lowest BCUT2D eigenvalue weighted by Crippen LogP contribution is -2.39. The normalized spacial score (nSPS) is 13.7. The summed E-state index contributed by atoms with van der Waals surface area (Å²) in [6.07, 6.45) is 5.09. The number of aliphatic hydroxyl groups is 1. The number of rotatable bonds is 9. The third-order valence-corrected chi connectivity index (χ3v) is 5.03. The highest BCUT2D eigenvalue weighted by atomic mass is 79.9. The van der Waals surface area contributed by atoms with E-state index in [0.717, 1.165) is 31.1 Å². The second-order valence-electron chi connectivity index (χ2n) is 6.23. The van der Waals surface area contributed by atoms with Gasteiger partial charge >= 0.3 is 5.69 Å². The maximum absolute atomic E-state index is 12.6. The SMILES string of the molecule is Cn1c2c(c(=O)n(C)c1=O)N(CCCCCCBr)CN2CCCO. The van der Waals surface area contributed by atoms with E-state index < -0.39 is 0 Å². The van der Waals surface area contributed by atoms with Crippen LogP contribution >= 0.6 is 15.9 Å². The van der Waals surface area contributed by atoms with E-state index in [9.17, 15) is 9.59 Å². The van der Waals surface area contributed by atoms with Crippen molar-refractivity contribution in [3.8, 4) is 0 Å². The van der Waals surface area contributed by atoms with E-state index >= 15 is 0 Å². The third-order valence-electron chi connectivity index (χ3n) is 4.47. The van der Waals surface area contributed by atoms with Crippen molar-refractivity contribution in [2.75, 3.05) is 41.5 Å². The molecule has 0 unspecified atom stereocenters. The van der Waals surface area contributed by atoms with Crippen molar-refractivity contribution in [2.45, 2.75) is 32.1 Å². The molecule has 0 fully saturated rings. The smallest absolute Gasteiger partial charge is 0.332 e. The molecular formula is C16H27BrN4O3. The standard InChI is InChI=1S/C16H27BrN4O3/c1-18-14-13(15(23)19(2)16(18)24)20(9-6-4-3-5-8-17)12-21(14)10-7-11-22/h22H,3-12H2,1-2H3. The molecule has 136 valence electrons. The van der Waals surface area contributed by atoms with Crippen LogP contribution < -0.4 is 21.0 Å². The maximum Gasteiger partial charge on any atom is 0.332 e. The Bertz CT molecular complexity index is 671. The second-order valence-corrected chi connectivity index (χ2v) is 7.02. The predicted octanol–water partition coefficient (Wildman–Crippen LogP) is 1.01. The molecule has 0 aromatic carbocycles. The van der Waals surface area contributed by atoms with Crippen molar-refractivity contribution in [3.05, 3.63) is 20.8 Å². The Hall–Kier alpha value is -1.28. The molecular weight excluding hydrogens is 376 g/mol. The van der Waals surface area contributed by atoms with Gasteiger partial charge in [-0.1, -0.05) is 28.8 Å². The highest BCUT2D eigenvalue weighted by Gasteiger charge is 2.32. The molecule has 24 heavy (non-hydrogen) atoms. The van der Waals surface area contributed by atoms with E-state index in [0.29, 0.717) is 31.1 Å². The molecule has 0 atom stereocenters. The molecule has 0 saturated heterocycles. The molecule has 1 N–H and O–H groups in total. The zero-order chi connectivity index (χ0) is 17.7. The van der Waals surface area contributed by atoms with E-state index in [4.69, 9.17) is 5.11 Å². The van der Waals surface area contributed by atoms with Crippen LogP contribution in [0.5, 0.6) is 0 Å². The fourth-order valence-corrected chi connectivity index (χ4v) is 3.57. The number of hydrogen-bond acceptors (Lipinski definition) is 5. The first-order chi connectivity index (χ1) is 11.5. The van der Waals surface area contributed by atoms with Crippen LogP contribution in [0.25, 0.3) is 0 Å². The summed E-state index contributed by atoms with van der Waals surface area (Å²) in [5.41, 5.74) is 0.0602. The maximum atomic E-state index is 12.6. The van der Waals surface area contributed by atoms with Crippen molar-refractivity contribution in [1.29, 1.82) is 0 Å². The van der Waals surface area contributed by atoms with Gasteiger partial charge in [0, 0.05) is 39.1 Å². The van der Waals surface area contributed by atoms with Gasteiger partial charge in [-0.15, -0.1) is 0 Å². The molecule has 2 rings (SSSR count). The molecule has 1 aromatic heterocycles. The van der Waals surface area contributed by atoms with Crippen LogP contribution in [0.3, 0.4) is 0 Å². The predicted molar refractivity (Wildman–Crippen MR) is 100 cm³/mol. The Balaban J connectivity index is 2.25. The topological polar surface area (TPSA) is 70.7 Å². The fraction of sp³-hybridized carbons (Fsp3) is 0.750. The van der Waals surface area contributed by atoms with Gasteiger partial charge in [0.15, 0.2) is 0 Å². The van der Waals surface area contributed by atoms with Gasteiger partial charge in [0.05, 0.1) is 6.67 Å². The zero-order valence-corrected chi connectivity index (χ0v) is 16.1. The van der Waals surface area contributed by atoms with Crippen molar-refractivity contribution in [2.24, 2.45) is 14.1 Å². The van der Waals surface area contributed by atoms with Crippen LogP contribution in [0.2, 0.25) is 0 Å². The fourth-order valence-electron chi connectivity index (χ4n) is 3.17. The molecule has 0 aliphatic carbocycles. The number of halogens is 1. The number of anilines is 2. The van der Waals surface area contributed by atoms with Crippen molar-refractivity contribution >= 4 is 27.4 Å². The minimum Gasteiger partial charge on any atom is -0.396 e. The first kappa shape index (κ1) is 19.1. The molecule has 8 heteroatoms. The van der Waals surface area contributed by atoms with E-state index in [1.807, 2.05) is 4.90 Å². The number of aromatic nitrogens is 2. The summed E-state index contributed by atoms with van der Waals surface area (Å²) in [4.78, 5) is 29.0. The average Bonchev–Trinajstić information content (AvgIpc) is 2.94. The molecule has 0 bridgehead atoms. The summed E-state index contributed by atoms with van der Waals surface area (Å²) in [5.74, 6) is 0.678. The van der Waals surface area contributed by atoms with E-state index in [2.05, 4.69) is 20.8 Å². The Morgan fingerprint density at radius 1 is 0.958 bits per heavy atom. The monoisotopic (exact) mass is 402 g/mol. The molecule has 0 amide bonds. The minimum atomic E-state index is -0.313. The van der Waals surface area contributed by atoms with Crippen LogP contribution in [0.15, 0.2) is 9.59 Å². The van der Waals surface area contributed by atoms with E-state index in [-0.39, 0.29) is 17.9 Å². The lowest BCUT2D eigenvalue weighted by molar-refractivity contribution is 0.289. The van der Waals surface area contributed by atoms with Crippen molar-refractivity contribution in [3.63, 3.8) is 0 Å². The zero-order valence-electron chi connectivity index (χ0n) is 14.5. The molecule has 1 aromatic rings. The van der Waals surface area contributed by atoms with Gasteiger partial charge in [-0.3, -0.25) is 13.9 Å². The second kappa shape index (κ2) is 8.71. The van der Waals surface area contributed by atoms with Crippen molar-refractivity contribution < 1.29 is 5.11 Å². The Morgan fingerprint density at radius 2 is 1.62 bits per heavy atom. The van der Waals surface area contributed by atoms with Crippen LogP contribution in [-0.2, 0) is 14.1 Å². The first-order valence-corrected chi connectivity index (χ1v) is 9.61. The highest BCUT2D eigenvalue weighted by Crippen LogP contribution is 2.31. The molecule has 1 aliphatic heterocycles. The Labute approximate surface area is 150 Å². The van der Waals surface area contributed by atoms with E-state index in [1.54, 1.807) is 11.6 Å². The van der Waals surface area contributed by atoms with Crippen LogP contribution in [0, 0.1) is 0 Å². The summed E-state index contributed by atoms with van der Waals surface area (Å²) in [7, 11) is 3.22. The molecule has 0 saturated carbocycles. The molecule has 0 spiro atoms. The summed E-state index contributed by atoms with van der Waals surface area (Å²) >= 11 is 3.44. The summed E-state index contributed by atoms with van der Waals surface area (Å²) in [6.45, 7) is 2.12. The lowest BCUT2D eigenvalue weighted by atomic mass is 10.2. The van der Waals surface area contributed by atoms with Gasteiger partial charge in [-0.2, -0.15) is 0 Å². The van der Waals surface area contributed by atoms with Crippen molar-refractivity contribution in [1.82, 2.24) is 9.13 Å². The summed E-state index contributed by atoms with van der Waals surface area (Å²) in [5, 5.41) is 10.1. The quantitative estimate of drug-likeness (QED) is 0.492. The molecule has 7 nitrogen and oxygen atoms in total. The van der Waals surface area contributed by atoms with E-state index in [1.165, 1.54) is 18.0 Å². The number of unbranched alkanes of at least 4 members (excludes halogenated alkanes) is 3. The number of hydrogen-bond donors (Lipinski definition) is 1.